The van der Waals surface area contributed by atoms with Crippen LogP contribution in [-0.4, -0.2) is 12.2 Å². The van der Waals surface area contributed by atoms with Crippen molar-refractivity contribution in [3.8, 4) is 0 Å². The summed E-state index contributed by atoms with van der Waals surface area (Å²) in [6, 6.07) is 7.37. The first-order chi connectivity index (χ1) is 6.27. The lowest BCUT2D eigenvalue weighted by atomic mass is 10.1. The van der Waals surface area contributed by atoms with Gasteiger partial charge in [0.15, 0.2) is 0 Å². The predicted octanol–water partition coefficient (Wildman–Crippen LogP) is 0.536. The molecule has 0 saturated heterocycles. The highest BCUT2D eigenvalue weighted by Crippen LogP contribution is 2.30. The van der Waals surface area contributed by atoms with Gasteiger partial charge in [-0.3, -0.25) is 4.99 Å². The number of carboxylic acid groups (broad SMARTS) is 1. The van der Waals surface area contributed by atoms with Gasteiger partial charge in [-0.25, -0.2) is 0 Å². The van der Waals surface area contributed by atoms with Crippen LogP contribution in [-0.2, 0) is 4.79 Å². The first kappa shape index (κ1) is 7.73. The van der Waals surface area contributed by atoms with E-state index in [0.717, 1.165) is 17.3 Å². The number of rotatable bonds is 1. The number of carboxylic acids is 1. The molecule has 0 unspecified atom stereocenters. The molecule has 0 amide bonds. The van der Waals surface area contributed by atoms with Crippen LogP contribution in [0.4, 0.5) is 5.69 Å². The summed E-state index contributed by atoms with van der Waals surface area (Å²) in [6.45, 7) is 0. The third-order valence-electron chi connectivity index (χ3n) is 1.83. The number of benzene rings is 1. The number of carbonyl (C=O) groups is 1. The number of carbonyl (C=O) groups excluding carboxylic acids is 1. The van der Waals surface area contributed by atoms with Gasteiger partial charge in [0.1, 0.15) is 0 Å². The minimum Gasteiger partial charge on any atom is -0.545 e. The van der Waals surface area contributed by atoms with Crippen LogP contribution in [0.5, 0.6) is 0 Å². The van der Waals surface area contributed by atoms with Gasteiger partial charge in [-0.05, 0) is 12.1 Å². The zero-order valence-corrected chi connectivity index (χ0v) is 6.73. The Morgan fingerprint density at radius 3 is 2.92 bits per heavy atom. The van der Waals surface area contributed by atoms with E-state index >= 15 is 0 Å². The van der Waals surface area contributed by atoms with Crippen molar-refractivity contribution < 1.29 is 9.90 Å². The molecule has 1 aliphatic rings. The summed E-state index contributed by atoms with van der Waals surface area (Å²) in [5.74, 6) is -1.20. The van der Waals surface area contributed by atoms with Gasteiger partial charge in [0.2, 0.25) is 0 Å². The molecule has 0 fully saturated rings. The van der Waals surface area contributed by atoms with E-state index in [4.69, 9.17) is 0 Å². The molecule has 3 nitrogen and oxygen atoms in total. The van der Waals surface area contributed by atoms with Gasteiger partial charge < -0.3 is 9.90 Å². The first-order valence-corrected chi connectivity index (χ1v) is 3.83. The molecule has 1 aromatic rings. The second-order valence-corrected chi connectivity index (χ2v) is 2.69. The lowest BCUT2D eigenvalue weighted by Crippen LogP contribution is -2.19. The molecular formula is C10H6NO2-. The highest BCUT2D eigenvalue weighted by Gasteiger charge is 2.09. The summed E-state index contributed by atoms with van der Waals surface area (Å²) in [5, 5.41) is 10.3. The maximum atomic E-state index is 10.3. The molecule has 2 rings (SSSR count). The molecule has 0 bridgehead atoms. The Hall–Kier alpha value is -1.90. The van der Waals surface area contributed by atoms with Gasteiger partial charge >= 0.3 is 0 Å². The number of allylic oxidation sites excluding steroid dienone is 1. The number of nitrogens with zero attached hydrogens (tertiary/aromatic N) is 1. The van der Waals surface area contributed by atoms with Crippen LogP contribution < -0.4 is 5.11 Å². The fourth-order valence-electron chi connectivity index (χ4n) is 1.28. The molecule has 0 radical (unpaired) electrons. The van der Waals surface area contributed by atoms with Crippen molar-refractivity contribution in [1.82, 2.24) is 0 Å². The second-order valence-electron chi connectivity index (χ2n) is 2.69. The fourth-order valence-corrected chi connectivity index (χ4v) is 1.28. The van der Waals surface area contributed by atoms with Gasteiger partial charge in [0, 0.05) is 17.4 Å². The molecule has 0 saturated carbocycles. The molecule has 0 aromatic heterocycles. The van der Waals surface area contributed by atoms with E-state index < -0.39 is 5.97 Å². The van der Waals surface area contributed by atoms with E-state index in [2.05, 4.69) is 4.99 Å². The van der Waals surface area contributed by atoms with Gasteiger partial charge in [0.05, 0.1) is 11.7 Å². The van der Waals surface area contributed by atoms with Crippen molar-refractivity contribution in [1.29, 1.82) is 0 Å². The SMILES string of the molecule is O=C([O-])/C=C1\C=Nc2ccccc21. The Morgan fingerprint density at radius 1 is 1.38 bits per heavy atom. The number of aliphatic imine (C=N–C) groups is 1. The van der Waals surface area contributed by atoms with Gasteiger partial charge in [0.25, 0.3) is 0 Å². The van der Waals surface area contributed by atoms with Gasteiger partial charge in [-0.1, -0.05) is 18.2 Å². The third kappa shape index (κ3) is 1.36. The van der Waals surface area contributed by atoms with Crippen molar-refractivity contribution >= 4 is 23.4 Å². The molecule has 1 aliphatic heterocycles. The van der Waals surface area contributed by atoms with Crippen molar-refractivity contribution in [3.63, 3.8) is 0 Å². The third-order valence-corrected chi connectivity index (χ3v) is 1.83. The molecular weight excluding hydrogens is 166 g/mol. The van der Waals surface area contributed by atoms with Crippen molar-refractivity contribution in [3.05, 3.63) is 35.9 Å². The van der Waals surface area contributed by atoms with E-state index in [9.17, 15) is 9.90 Å². The number of para-hydroxylation sites is 1. The summed E-state index contributed by atoms with van der Waals surface area (Å²) < 4.78 is 0. The van der Waals surface area contributed by atoms with Gasteiger partial charge in [-0.15, -0.1) is 0 Å². The molecule has 1 heterocycles. The zero-order valence-electron chi connectivity index (χ0n) is 6.73. The maximum Gasteiger partial charge on any atom is 0.0708 e. The highest BCUT2D eigenvalue weighted by molar-refractivity contribution is 6.19. The summed E-state index contributed by atoms with van der Waals surface area (Å²) in [5.41, 5.74) is 2.23. The standard InChI is InChI=1S/C10H7NO2/c12-10(13)5-7-6-11-9-4-2-1-3-8(7)9/h1-6H,(H,12,13)/p-1/b7-5+. The molecule has 1 aromatic carbocycles. The van der Waals surface area contributed by atoms with Crippen LogP contribution in [0.3, 0.4) is 0 Å². The fraction of sp³-hybridized carbons (Fsp3) is 0. The molecule has 0 spiro atoms. The summed E-state index contributed by atoms with van der Waals surface area (Å²) in [7, 11) is 0. The largest absolute Gasteiger partial charge is 0.545 e. The quantitative estimate of drug-likeness (QED) is 0.580. The first-order valence-electron chi connectivity index (χ1n) is 3.83. The molecule has 13 heavy (non-hydrogen) atoms. The van der Waals surface area contributed by atoms with Crippen LogP contribution in [0, 0.1) is 0 Å². The number of aliphatic carboxylic acids is 1. The minimum absolute atomic E-state index is 0.593. The van der Waals surface area contributed by atoms with Crippen LogP contribution in [0.15, 0.2) is 35.3 Å². The van der Waals surface area contributed by atoms with E-state index in [0.29, 0.717) is 5.57 Å². The van der Waals surface area contributed by atoms with E-state index in [-0.39, 0.29) is 0 Å². The Balaban J connectivity index is 2.50. The van der Waals surface area contributed by atoms with E-state index in [1.165, 1.54) is 6.21 Å². The van der Waals surface area contributed by atoms with Crippen LogP contribution in [0.1, 0.15) is 5.56 Å². The zero-order chi connectivity index (χ0) is 9.26. The Labute approximate surface area is 75.0 Å². The van der Waals surface area contributed by atoms with Gasteiger partial charge in [-0.2, -0.15) is 0 Å². The summed E-state index contributed by atoms with van der Waals surface area (Å²) in [4.78, 5) is 14.4. The maximum absolute atomic E-state index is 10.3. The number of hydrogen-bond acceptors (Lipinski definition) is 3. The Kier molecular flexibility index (Phi) is 1.70. The summed E-state index contributed by atoms with van der Waals surface area (Å²) in [6.07, 6.45) is 2.58. The normalized spacial score (nSPS) is 16.2. The van der Waals surface area contributed by atoms with Crippen molar-refractivity contribution in [2.24, 2.45) is 4.99 Å². The second kappa shape index (κ2) is 2.86. The monoisotopic (exact) mass is 172 g/mol. The Morgan fingerprint density at radius 2 is 2.15 bits per heavy atom. The molecule has 0 atom stereocenters. The average molecular weight is 172 g/mol. The van der Waals surface area contributed by atoms with Crippen molar-refractivity contribution in [2.45, 2.75) is 0 Å². The summed E-state index contributed by atoms with van der Waals surface area (Å²) >= 11 is 0. The topological polar surface area (TPSA) is 52.5 Å². The molecule has 0 aliphatic carbocycles. The van der Waals surface area contributed by atoms with Crippen molar-refractivity contribution in [2.75, 3.05) is 0 Å². The molecule has 0 N–H and O–H groups in total. The lowest BCUT2D eigenvalue weighted by Gasteiger charge is -1.98. The van der Waals surface area contributed by atoms with Crippen LogP contribution in [0.25, 0.3) is 5.57 Å². The highest BCUT2D eigenvalue weighted by atomic mass is 16.4. The average Bonchev–Trinajstić information content (AvgIpc) is 2.48. The lowest BCUT2D eigenvalue weighted by molar-refractivity contribution is -0.297. The number of fused-ring (bicyclic) bond motifs is 1. The van der Waals surface area contributed by atoms with Crippen LogP contribution >= 0.6 is 0 Å². The van der Waals surface area contributed by atoms with E-state index in [1.807, 2.05) is 24.3 Å². The molecule has 64 valence electrons. The van der Waals surface area contributed by atoms with E-state index in [1.54, 1.807) is 0 Å². The molecule has 3 heteroatoms. The number of hydrogen-bond donors (Lipinski definition) is 0. The Bertz CT molecular complexity index is 419. The smallest absolute Gasteiger partial charge is 0.0708 e. The van der Waals surface area contributed by atoms with Crippen LogP contribution in [0.2, 0.25) is 0 Å². The minimum atomic E-state index is -1.20. The predicted molar refractivity (Wildman–Crippen MR) is 47.6 cm³/mol.